The van der Waals surface area contributed by atoms with Crippen molar-refractivity contribution in [3.05, 3.63) is 17.7 Å². The average Bonchev–Trinajstić information content (AvgIpc) is 2.62. The molecule has 5 nitrogen and oxygen atoms in total. The van der Waals surface area contributed by atoms with Gasteiger partial charge in [-0.1, -0.05) is 0 Å². The van der Waals surface area contributed by atoms with E-state index in [1.54, 1.807) is 13.2 Å². The van der Waals surface area contributed by atoms with Crippen molar-refractivity contribution in [3.8, 4) is 0 Å². The average molecular weight is 224 g/mol. The van der Waals surface area contributed by atoms with Crippen LogP contribution in [0.4, 0.5) is 0 Å². The Labute approximate surface area is 96.0 Å². The summed E-state index contributed by atoms with van der Waals surface area (Å²) < 4.78 is 0. The molecule has 1 rings (SSSR count). The molecule has 0 aliphatic heterocycles. The van der Waals surface area contributed by atoms with E-state index in [1.807, 2.05) is 20.8 Å². The van der Waals surface area contributed by atoms with Crippen LogP contribution in [0.5, 0.6) is 0 Å². The summed E-state index contributed by atoms with van der Waals surface area (Å²) in [6.45, 7) is 7.07. The van der Waals surface area contributed by atoms with Gasteiger partial charge in [-0.2, -0.15) is 0 Å². The van der Waals surface area contributed by atoms with Crippen LogP contribution in [0.15, 0.2) is 6.20 Å². The first-order chi connectivity index (χ1) is 7.45. The van der Waals surface area contributed by atoms with Gasteiger partial charge in [0.2, 0.25) is 5.91 Å². The Hall–Kier alpha value is -1.36. The number of carbonyl (C=O) groups is 1. The van der Waals surface area contributed by atoms with Crippen LogP contribution < -0.4 is 10.6 Å². The van der Waals surface area contributed by atoms with Crippen LogP contribution in [0.25, 0.3) is 0 Å². The number of nitrogens with zero attached hydrogens (tertiary/aromatic N) is 1. The molecule has 3 N–H and O–H groups in total. The topological polar surface area (TPSA) is 69.8 Å². The summed E-state index contributed by atoms with van der Waals surface area (Å²) in [7, 11) is 1.66. The van der Waals surface area contributed by atoms with Crippen molar-refractivity contribution < 1.29 is 4.79 Å². The number of rotatable bonds is 5. The number of imidazole rings is 1. The summed E-state index contributed by atoms with van der Waals surface area (Å²) in [5, 5.41) is 5.90. The van der Waals surface area contributed by atoms with Gasteiger partial charge in [0.25, 0.3) is 0 Å². The summed E-state index contributed by atoms with van der Waals surface area (Å²) in [5.74, 6) is 0.947. The molecule has 0 fully saturated rings. The lowest BCUT2D eigenvalue weighted by Crippen LogP contribution is -2.41. The molecule has 16 heavy (non-hydrogen) atoms. The van der Waals surface area contributed by atoms with Crippen molar-refractivity contribution in [1.29, 1.82) is 0 Å². The molecule has 0 bridgehead atoms. The lowest BCUT2D eigenvalue weighted by Gasteiger charge is -2.22. The molecule has 0 aliphatic carbocycles. The highest BCUT2D eigenvalue weighted by Gasteiger charge is 2.25. The van der Waals surface area contributed by atoms with Crippen molar-refractivity contribution in [2.75, 3.05) is 13.6 Å². The highest BCUT2D eigenvalue weighted by molar-refractivity contribution is 5.81. The number of aromatic amines is 1. The number of aromatic nitrogens is 2. The van der Waals surface area contributed by atoms with Crippen LogP contribution in [-0.2, 0) is 11.3 Å². The van der Waals surface area contributed by atoms with Crippen molar-refractivity contribution in [3.63, 3.8) is 0 Å². The van der Waals surface area contributed by atoms with Gasteiger partial charge >= 0.3 is 0 Å². The summed E-state index contributed by atoms with van der Waals surface area (Å²) in [6, 6.07) is 0. The van der Waals surface area contributed by atoms with Gasteiger partial charge in [-0.15, -0.1) is 0 Å². The molecular formula is C11H20N4O. The summed E-state index contributed by atoms with van der Waals surface area (Å²) in [4.78, 5) is 18.7. The fraction of sp³-hybridized carbons (Fsp3) is 0.636. The SMILES string of the molecule is CNC(=O)C(C)(C)CNCc1cnc(C)[nH]1. The molecule has 1 amide bonds. The van der Waals surface area contributed by atoms with Crippen LogP contribution in [-0.4, -0.2) is 29.5 Å². The molecule has 1 aromatic heterocycles. The molecular weight excluding hydrogens is 204 g/mol. The highest BCUT2D eigenvalue weighted by Crippen LogP contribution is 2.13. The molecule has 5 heteroatoms. The summed E-state index contributed by atoms with van der Waals surface area (Å²) in [5.41, 5.74) is 0.634. The molecule has 0 radical (unpaired) electrons. The zero-order valence-corrected chi connectivity index (χ0v) is 10.3. The largest absolute Gasteiger partial charge is 0.359 e. The maximum Gasteiger partial charge on any atom is 0.226 e. The van der Waals surface area contributed by atoms with Crippen LogP contribution >= 0.6 is 0 Å². The fourth-order valence-corrected chi connectivity index (χ4v) is 1.49. The molecule has 90 valence electrons. The standard InChI is InChI=1S/C11H20N4O/c1-8-14-6-9(15-8)5-13-7-11(2,3)10(16)12-4/h6,13H,5,7H2,1-4H3,(H,12,16)(H,14,15). The fourth-order valence-electron chi connectivity index (χ4n) is 1.49. The van der Waals surface area contributed by atoms with Gasteiger partial charge in [-0.3, -0.25) is 4.79 Å². The third kappa shape index (κ3) is 3.34. The number of nitrogens with one attached hydrogen (secondary N) is 3. The van der Waals surface area contributed by atoms with Gasteiger partial charge in [-0.25, -0.2) is 4.98 Å². The minimum absolute atomic E-state index is 0.0424. The molecule has 1 aromatic rings. The van der Waals surface area contributed by atoms with Gasteiger partial charge < -0.3 is 15.6 Å². The predicted octanol–water partition coefficient (Wildman–Crippen LogP) is 0.580. The summed E-state index contributed by atoms with van der Waals surface area (Å²) in [6.07, 6.45) is 1.80. The van der Waals surface area contributed by atoms with E-state index in [2.05, 4.69) is 20.6 Å². The first-order valence-corrected chi connectivity index (χ1v) is 5.39. The smallest absolute Gasteiger partial charge is 0.226 e. The van der Waals surface area contributed by atoms with Gasteiger partial charge in [0.15, 0.2) is 0 Å². The Morgan fingerprint density at radius 1 is 1.56 bits per heavy atom. The van der Waals surface area contributed by atoms with E-state index >= 15 is 0 Å². The first kappa shape index (κ1) is 12.7. The zero-order valence-electron chi connectivity index (χ0n) is 10.3. The van der Waals surface area contributed by atoms with Gasteiger partial charge in [0, 0.05) is 32.0 Å². The first-order valence-electron chi connectivity index (χ1n) is 5.39. The normalized spacial score (nSPS) is 11.5. The maximum atomic E-state index is 11.5. The molecule has 0 saturated heterocycles. The molecule has 0 aromatic carbocycles. The highest BCUT2D eigenvalue weighted by atomic mass is 16.2. The lowest BCUT2D eigenvalue weighted by atomic mass is 9.92. The second-order valence-corrected chi connectivity index (χ2v) is 4.56. The van der Waals surface area contributed by atoms with E-state index in [0.717, 1.165) is 11.5 Å². The Bertz CT molecular complexity index is 357. The van der Waals surface area contributed by atoms with Crippen molar-refractivity contribution in [2.45, 2.75) is 27.3 Å². The predicted molar refractivity (Wildman–Crippen MR) is 62.9 cm³/mol. The van der Waals surface area contributed by atoms with E-state index in [0.29, 0.717) is 13.1 Å². The van der Waals surface area contributed by atoms with Crippen LogP contribution in [0.1, 0.15) is 25.4 Å². The van der Waals surface area contributed by atoms with Crippen molar-refractivity contribution in [2.24, 2.45) is 5.41 Å². The third-order valence-corrected chi connectivity index (χ3v) is 2.48. The summed E-state index contributed by atoms with van der Waals surface area (Å²) >= 11 is 0. The van der Waals surface area contributed by atoms with Crippen molar-refractivity contribution >= 4 is 5.91 Å². The number of aryl methyl sites for hydroxylation is 1. The van der Waals surface area contributed by atoms with Gasteiger partial charge in [0.1, 0.15) is 5.82 Å². The number of amides is 1. The van der Waals surface area contributed by atoms with E-state index in [4.69, 9.17) is 0 Å². The quantitative estimate of drug-likeness (QED) is 0.685. The van der Waals surface area contributed by atoms with E-state index in [9.17, 15) is 4.79 Å². The third-order valence-electron chi connectivity index (χ3n) is 2.48. The van der Waals surface area contributed by atoms with Gasteiger partial charge in [-0.05, 0) is 20.8 Å². The number of carbonyl (C=O) groups excluding carboxylic acids is 1. The number of H-pyrrole nitrogens is 1. The van der Waals surface area contributed by atoms with E-state index in [-0.39, 0.29) is 5.91 Å². The van der Waals surface area contributed by atoms with E-state index < -0.39 is 5.41 Å². The van der Waals surface area contributed by atoms with Crippen LogP contribution in [0, 0.1) is 12.3 Å². The Morgan fingerprint density at radius 2 is 2.25 bits per heavy atom. The zero-order chi connectivity index (χ0) is 12.2. The minimum atomic E-state index is -0.399. The Balaban J connectivity index is 2.38. The lowest BCUT2D eigenvalue weighted by molar-refractivity contribution is -0.128. The molecule has 0 aliphatic rings. The van der Waals surface area contributed by atoms with E-state index in [1.165, 1.54) is 0 Å². The molecule has 1 heterocycles. The maximum absolute atomic E-state index is 11.5. The number of hydrogen-bond donors (Lipinski definition) is 3. The molecule has 0 saturated carbocycles. The molecule has 0 unspecified atom stereocenters. The second-order valence-electron chi connectivity index (χ2n) is 4.56. The van der Waals surface area contributed by atoms with Crippen molar-refractivity contribution in [1.82, 2.24) is 20.6 Å². The Kier molecular flexibility index (Phi) is 4.06. The molecule has 0 atom stereocenters. The van der Waals surface area contributed by atoms with Crippen LogP contribution in [0.3, 0.4) is 0 Å². The number of hydrogen-bond acceptors (Lipinski definition) is 3. The minimum Gasteiger partial charge on any atom is -0.359 e. The van der Waals surface area contributed by atoms with Crippen LogP contribution in [0.2, 0.25) is 0 Å². The van der Waals surface area contributed by atoms with Gasteiger partial charge in [0.05, 0.1) is 5.41 Å². The second kappa shape index (κ2) is 5.12. The monoisotopic (exact) mass is 224 g/mol. The molecule has 0 spiro atoms. The Morgan fingerprint density at radius 3 is 2.75 bits per heavy atom.